The molecule has 6 nitrogen and oxygen atoms in total. The largest absolute Gasteiger partial charge is 0.368 e. The van der Waals surface area contributed by atoms with Gasteiger partial charge in [-0.1, -0.05) is 30.3 Å². The number of benzene rings is 1. The van der Waals surface area contributed by atoms with E-state index in [0.29, 0.717) is 6.54 Å². The van der Waals surface area contributed by atoms with Gasteiger partial charge in [0.1, 0.15) is 5.54 Å². The van der Waals surface area contributed by atoms with Crippen molar-refractivity contribution >= 4 is 15.9 Å². The van der Waals surface area contributed by atoms with Crippen LogP contribution in [-0.4, -0.2) is 38.8 Å². The Morgan fingerprint density at radius 2 is 1.91 bits per heavy atom. The average molecular weight is 340 g/mol. The third-order valence-corrected chi connectivity index (χ3v) is 4.66. The summed E-state index contributed by atoms with van der Waals surface area (Å²) in [4.78, 5) is 12.2. The topological polar surface area (TPSA) is 84.5 Å². The maximum absolute atomic E-state index is 12.2. The number of amides is 1. The van der Waals surface area contributed by atoms with Crippen molar-refractivity contribution in [3.8, 4) is 0 Å². The minimum Gasteiger partial charge on any atom is -0.368 e. The van der Waals surface area contributed by atoms with Crippen LogP contribution in [0.1, 0.15) is 38.4 Å². The zero-order valence-corrected chi connectivity index (χ0v) is 14.5. The normalized spacial score (nSPS) is 22.0. The molecule has 2 N–H and O–H groups in total. The smallest absolute Gasteiger partial charge is 0.240 e. The van der Waals surface area contributed by atoms with Gasteiger partial charge in [0.25, 0.3) is 0 Å². The van der Waals surface area contributed by atoms with Gasteiger partial charge < -0.3 is 10.1 Å². The van der Waals surface area contributed by atoms with Gasteiger partial charge in [-0.05, 0) is 32.3 Å². The molecule has 128 valence electrons. The minimum atomic E-state index is -3.45. The molecule has 0 aromatic heterocycles. The lowest BCUT2D eigenvalue weighted by atomic mass is 10.1. The lowest BCUT2D eigenvalue weighted by molar-refractivity contribution is -0.126. The van der Waals surface area contributed by atoms with Gasteiger partial charge in [-0.2, -0.15) is 0 Å². The van der Waals surface area contributed by atoms with Crippen LogP contribution >= 0.6 is 0 Å². The number of hydrogen-bond donors (Lipinski definition) is 2. The number of hydrogen-bond acceptors (Lipinski definition) is 4. The molecule has 1 aromatic carbocycles. The third-order valence-electron chi connectivity index (χ3n) is 3.78. The number of sulfonamides is 1. The molecule has 1 fully saturated rings. The molecule has 1 saturated heterocycles. The summed E-state index contributed by atoms with van der Waals surface area (Å²) in [6.07, 6.45) is 2.81. The van der Waals surface area contributed by atoms with E-state index in [1.807, 2.05) is 30.3 Å². The monoisotopic (exact) mass is 340 g/mol. The Hall–Kier alpha value is -1.44. The van der Waals surface area contributed by atoms with Crippen LogP contribution in [0.2, 0.25) is 0 Å². The highest BCUT2D eigenvalue weighted by Gasteiger charge is 2.32. The van der Waals surface area contributed by atoms with Gasteiger partial charge in [0.2, 0.25) is 15.9 Å². The molecule has 23 heavy (non-hydrogen) atoms. The molecular weight excluding hydrogens is 316 g/mol. The SMILES string of the molecule is CC(C)(NS(C)(=O)=O)C(=O)NC[C@H]1CC[C@H](c2ccccc2)O1. The number of carbonyl (C=O) groups excluding carboxylic acids is 1. The molecule has 7 heteroatoms. The van der Waals surface area contributed by atoms with Crippen LogP contribution < -0.4 is 10.0 Å². The van der Waals surface area contributed by atoms with Crippen molar-refractivity contribution in [2.45, 2.75) is 44.4 Å². The predicted octanol–water partition coefficient (Wildman–Crippen LogP) is 1.35. The number of rotatable bonds is 6. The Morgan fingerprint density at radius 1 is 1.26 bits per heavy atom. The molecular formula is C16H24N2O4S. The molecule has 1 aliphatic heterocycles. The van der Waals surface area contributed by atoms with Crippen LogP contribution in [0.25, 0.3) is 0 Å². The van der Waals surface area contributed by atoms with E-state index in [0.717, 1.165) is 24.7 Å². The van der Waals surface area contributed by atoms with Crippen LogP contribution in [0, 0.1) is 0 Å². The van der Waals surface area contributed by atoms with Gasteiger partial charge in [-0.25, -0.2) is 13.1 Å². The molecule has 1 aromatic rings. The first-order valence-corrected chi connectivity index (χ1v) is 9.54. The maximum Gasteiger partial charge on any atom is 0.240 e. The second kappa shape index (κ2) is 6.98. The van der Waals surface area contributed by atoms with Crippen molar-refractivity contribution in [3.63, 3.8) is 0 Å². The Labute approximate surface area is 137 Å². The number of carbonyl (C=O) groups is 1. The Kier molecular flexibility index (Phi) is 5.44. The summed E-state index contributed by atoms with van der Waals surface area (Å²) < 4.78 is 30.9. The van der Waals surface area contributed by atoms with E-state index in [-0.39, 0.29) is 18.1 Å². The van der Waals surface area contributed by atoms with Crippen molar-refractivity contribution in [1.29, 1.82) is 0 Å². The number of ether oxygens (including phenoxy) is 1. The molecule has 0 aliphatic carbocycles. The molecule has 1 amide bonds. The summed E-state index contributed by atoms with van der Waals surface area (Å²) in [5.74, 6) is -0.366. The highest BCUT2D eigenvalue weighted by atomic mass is 32.2. The van der Waals surface area contributed by atoms with Gasteiger partial charge in [-0.3, -0.25) is 4.79 Å². The van der Waals surface area contributed by atoms with Gasteiger partial charge in [0, 0.05) is 6.54 Å². The fourth-order valence-corrected chi connectivity index (χ4v) is 3.73. The van der Waals surface area contributed by atoms with E-state index in [4.69, 9.17) is 4.74 Å². The van der Waals surface area contributed by atoms with Crippen molar-refractivity contribution in [1.82, 2.24) is 10.0 Å². The molecule has 1 aliphatic rings. The Morgan fingerprint density at radius 3 is 2.52 bits per heavy atom. The summed E-state index contributed by atoms with van der Waals surface area (Å²) in [5, 5.41) is 2.77. The first-order valence-electron chi connectivity index (χ1n) is 7.65. The molecule has 2 atom stereocenters. The molecule has 0 saturated carbocycles. The lowest BCUT2D eigenvalue weighted by Gasteiger charge is -2.24. The first kappa shape index (κ1) is 17.9. The minimum absolute atomic E-state index is 0.0558. The van der Waals surface area contributed by atoms with Crippen LogP contribution in [0.15, 0.2) is 30.3 Å². The average Bonchev–Trinajstić information content (AvgIpc) is 2.92. The highest BCUT2D eigenvalue weighted by Crippen LogP contribution is 2.32. The van der Waals surface area contributed by atoms with Crippen molar-refractivity contribution in [3.05, 3.63) is 35.9 Å². The van der Waals surface area contributed by atoms with Crippen LogP contribution in [0.4, 0.5) is 0 Å². The van der Waals surface area contributed by atoms with E-state index in [1.165, 1.54) is 13.8 Å². The molecule has 0 bridgehead atoms. The van der Waals surface area contributed by atoms with Crippen LogP contribution in [0.3, 0.4) is 0 Å². The van der Waals surface area contributed by atoms with Crippen molar-refractivity contribution in [2.24, 2.45) is 0 Å². The second-order valence-corrected chi connectivity index (χ2v) is 8.19. The van der Waals surface area contributed by atoms with Crippen molar-refractivity contribution in [2.75, 3.05) is 12.8 Å². The zero-order chi connectivity index (χ0) is 17.1. The van der Waals surface area contributed by atoms with E-state index in [1.54, 1.807) is 0 Å². The van der Waals surface area contributed by atoms with Crippen molar-refractivity contribution < 1.29 is 17.9 Å². The van der Waals surface area contributed by atoms with E-state index in [9.17, 15) is 13.2 Å². The van der Waals surface area contributed by atoms with E-state index >= 15 is 0 Å². The highest BCUT2D eigenvalue weighted by molar-refractivity contribution is 7.88. The summed E-state index contributed by atoms with van der Waals surface area (Å²) in [5.41, 5.74) is -0.0502. The fraction of sp³-hybridized carbons (Fsp3) is 0.562. The van der Waals surface area contributed by atoms with Crippen LogP contribution in [-0.2, 0) is 19.6 Å². The first-order chi connectivity index (χ1) is 10.7. The molecule has 0 spiro atoms. The predicted molar refractivity (Wildman–Crippen MR) is 88.4 cm³/mol. The van der Waals surface area contributed by atoms with Gasteiger partial charge >= 0.3 is 0 Å². The molecule has 1 heterocycles. The lowest BCUT2D eigenvalue weighted by Crippen LogP contribution is -2.55. The molecule has 2 rings (SSSR count). The van der Waals surface area contributed by atoms with Crippen LogP contribution in [0.5, 0.6) is 0 Å². The third kappa shape index (κ3) is 5.30. The summed E-state index contributed by atoms with van der Waals surface area (Å²) in [7, 11) is -3.45. The van der Waals surface area contributed by atoms with Gasteiger partial charge in [0.15, 0.2) is 0 Å². The standard InChI is InChI=1S/C16H24N2O4S/c1-16(2,18-23(3,20)21)15(19)17-11-13-9-10-14(22-13)12-7-5-4-6-8-12/h4-8,13-14,18H,9-11H2,1-3H3,(H,17,19)/t13-,14-/m1/s1. The van der Waals surface area contributed by atoms with E-state index < -0.39 is 15.6 Å². The number of nitrogens with one attached hydrogen (secondary N) is 2. The van der Waals surface area contributed by atoms with Gasteiger partial charge in [0.05, 0.1) is 18.5 Å². The summed E-state index contributed by atoms with van der Waals surface area (Å²) in [6.45, 7) is 3.44. The van der Waals surface area contributed by atoms with Gasteiger partial charge in [-0.15, -0.1) is 0 Å². The maximum atomic E-state index is 12.2. The Balaban J connectivity index is 1.84. The van der Waals surface area contributed by atoms with E-state index in [2.05, 4.69) is 10.0 Å². The summed E-state index contributed by atoms with van der Waals surface area (Å²) >= 11 is 0. The second-order valence-electron chi connectivity index (χ2n) is 6.44. The molecule has 0 radical (unpaired) electrons. The molecule has 0 unspecified atom stereocenters. The quantitative estimate of drug-likeness (QED) is 0.819. The zero-order valence-electron chi connectivity index (χ0n) is 13.7. The summed E-state index contributed by atoms with van der Waals surface area (Å²) in [6, 6.07) is 9.99. The fourth-order valence-electron chi connectivity index (χ4n) is 2.71. The Bertz CT molecular complexity index is 643.